The number of urea groups is 1. The highest BCUT2D eigenvalue weighted by Gasteiger charge is 2.38. The normalized spacial score (nSPS) is 22.8. The van der Waals surface area contributed by atoms with E-state index in [2.05, 4.69) is 10.2 Å². The summed E-state index contributed by atoms with van der Waals surface area (Å²) in [6.45, 7) is 7.19. The summed E-state index contributed by atoms with van der Waals surface area (Å²) in [6.07, 6.45) is -0.659. The number of hydrogen-bond donors (Lipinski definition) is 3. The Morgan fingerprint density at radius 3 is 2.53 bits per heavy atom. The summed E-state index contributed by atoms with van der Waals surface area (Å²) in [7, 11) is 0. The molecule has 7 nitrogen and oxygen atoms in total. The first-order valence-corrected chi connectivity index (χ1v) is 6.67. The molecule has 1 rings (SSSR count). The summed E-state index contributed by atoms with van der Waals surface area (Å²) in [6, 6.07) is -1.35. The fourth-order valence-electron chi connectivity index (χ4n) is 2.23. The van der Waals surface area contributed by atoms with Crippen LogP contribution in [0.5, 0.6) is 0 Å². The number of carboxylic acids is 1. The topological polar surface area (TPSA) is 93.1 Å². The third-order valence-corrected chi connectivity index (χ3v) is 3.42. The van der Waals surface area contributed by atoms with Crippen LogP contribution in [0.1, 0.15) is 20.3 Å². The molecule has 0 aromatic carbocycles. The maximum absolute atomic E-state index is 11.9. The number of aliphatic hydroxyl groups is 1. The van der Waals surface area contributed by atoms with Gasteiger partial charge in [0.1, 0.15) is 6.04 Å². The first kappa shape index (κ1) is 15.7. The van der Waals surface area contributed by atoms with Gasteiger partial charge in [0.2, 0.25) is 0 Å². The van der Waals surface area contributed by atoms with Crippen molar-refractivity contribution in [2.75, 3.05) is 32.7 Å². The SMILES string of the molecule is CCN(CC)CCNC(=O)N1C[C@H](O)C[C@H]1C(=O)O. The van der Waals surface area contributed by atoms with E-state index in [1.54, 1.807) is 0 Å². The van der Waals surface area contributed by atoms with Crippen molar-refractivity contribution < 1.29 is 19.8 Å². The van der Waals surface area contributed by atoms with Crippen molar-refractivity contribution in [2.45, 2.75) is 32.4 Å². The quantitative estimate of drug-likeness (QED) is 0.610. The lowest BCUT2D eigenvalue weighted by molar-refractivity contribution is -0.141. The molecule has 19 heavy (non-hydrogen) atoms. The average Bonchev–Trinajstić information content (AvgIpc) is 2.77. The van der Waals surface area contributed by atoms with Crippen molar-refractivity contribution in [3.05, 3.63) is 0 Å². The molecule has 0 aliphatic carbocycles. The van der Waals surface area contributed by atoms with Crippen molar-refractivity contribution in [3.8, 4) is 0 Å². The van der Waals surface area contributed by atoms with Gasteiger partial charge in [-0.25, -0.2) is 9.59 Å². The number of rotatable bonds is 6. The minimum Gasteiger partial charge on any atom is -0.480 e. The molecule has 0 aromatic heterocycles. The van der Waals surface area contributed by atoms with E-state index in [9.17, 15) is 14.7 Å². The van der Waals surface area contributed by atoms with Crippen LogP contribution in [0.15, 0.2) is 0 Å². The smallest absolute Gasteiger partial charge is 0.326 e. The molecule has 3 N–H and O–H groups in total. The van der Waals surface area contributed by atoms with Gasteiger partial charge in [-0.1, -0.05) is 13.8 Å². The molecule has 0 aromatic rings. The minimum absolute atomic E-state index is 0.0775. The number of β-amino-alcohol motifs (C(OH)–C–C–N with tert-alkyl or cyclic N) is 1. The van der Waals surface area contributed by atoms with Gasteiger partial charge in [-0.15, -0.1) is 0 Å². The monoisotopic (exact) mass is 273 g/mol. The van der Waals surface area contributed by atoms with Crippen LogP contribution < -0.4 is 5.32 Å². The number of hydrogen-bond acceptors (Lipinski definition) is 4. The summed E-state index contributed by atoms with van der Waals surface area (Å²) < 4.78 is 0. The van der Waals surface area contributed by atoms with E-state index in [-0.39, 0.29) is 13.0 Å². The number of carboxylic acid groups (broad SMARTS) is 1. The second-order valence-electron chi connectivity index (χ2n) is 4.65. The van der Waals surface area contributed by atoms with Crippen molar-refractivity contribution in [1.29, 1.82) is 0 Å². The zero-order chi connectivity index (χ0) is 14.4. The lowest BCUT2D eigenvalue weighted by Crippen LogP contribution is -2.47. The summed E-state index contributed by atoms with van der Waals surface area (Å²) in [4.78, 5) is 26.2. The van der Waals surface area contributed by atoms with Gasteiger partial charge in [-0.2, -0.15) is 0 Å². The first-order chi connectivity index (χ1) is 8.99. The van der Waals surface area contributed by atoms with Crippen LogP contribution in [0.3, 0.4) is 0 Å². The zero-order valence-electron chi connectivity index (χ0n) is 11.5. The zero-order valence-corrected chi connectivity index (χ0v) is 11.5. The van der Waals surface area contributed by atoms with Crippen LogP contribution in [0.4, 0.5) is 4.79 Å². The number of aliphatic carboxylic acids is 1. The van der Waals surface area contributed by atoms with E-state index in [1.807, 2.05) is 13.8 Å². The molecular weight excluding hydrogens is 250 g/mol. The van der Waals surface area contributed by atoms with Gasteiger partial charge in [0.25, 0.3) is 0 Å². The number of aliphatic hydroxyl groups excluding tert-OH is 1. The molecule has 0 bridgehead atoms. The second-order valence-corrected chi connectivity index (χ2v) is 4.65. The molecule has 0 saturated carbocycles. The lowest BCUT2D eigenvalue weighted by atomic mass is 10.2. The largest absolute Gasteiger partial charge is 0.480 e. The number of likely N-dealkylation sites (tertiary alicyclic amines) is 1. The van der Waals surface area contributed by atoms with Crippen LogP contribution in [0.2, 0.25) is 0 Å². The van der Waals surface area contributed by atoms with Gasteiger partial charge in [0, 0.05) is 26.1 Å². The van der Waals surface area contributed by atoms with E-state index >= 15 is 0 Å². The highest BCUT2D eigenvalue weighted by molar-refractivity contribution is 5.83. The standard InChI is InChI=1S/C12H23N3O4/c1-3-14(4-2)6-5-13-12(19)15-8-9(16)7-10(15)11(17)18/h9-10,16H,3-8H2,1-2H3,(H,13,19)(H,17,18)/t9-,10+/m1/s1. The van der Waals surface area contributed by atoms with Crippen LogP contribution in [-0.4, -0.2) is 76.9 Å². The molecule has 0 unspecified atom stereocenters. The second kappa shape index (κ2) is 7.30. The molecule has 1 aliphatic rings. The highest BCUT2D eigenvalue weighted by atomic mass is 16.4. The molecule has 110 valence electrons. The molecule has 1 saturated heterocycles. The summed E-state index contributed by atoms with van der Waals surface area (Å²) in [5, 5.41) is 21.2. The Morgan fingerprint density at radius 2 is 2.00 bits per heavy atom. The number of likely N-dealkylation sites (N-methyl/N-ethyl adjacent to an activating group) is 1. The Bertz CT molecular complexity index is 320. The first-order valence-electron chi connectivity index (χ1n) is 6.67. The number of nitrogens with zero attached hydrogens (tertiary/aromatic N) is 2. The van der Waals surface area contributed by atoms with E-state index in [0.717, 1.165) is 19.6 Å². The van der Waals surface area contributed by atoms with E-state index < -0.39 is 24.1 Å². The van der Waals surface area contributed by atoms with Crippen molar-refractivity contribution in [1.82, 2.24) is 15.1 Å². The molecule has 1 heterocycles. The van der Waals surface area contributed by atoms with E-state index in [4.69, 9.17) is 5.11 Å². The van der Waals surface area contributed by atoms with Crippen LogP contribution in [0, 0.1) is 0 Å². The average molecular weight is 273 g/mol. The molecule has 2 atom stereocenters. The van der Waals surface area contributed by atoms with Crippen LogP contribution in [-0.2, 0) is 4.79 Å². The Morgan fingerprint density at radius 1 is 1.37 bits per heavy atom. The summed E-state index contributed by atoms with van der Waals surface area (Å²) >= 11 is 0. The molecule has 0 spiro atoms. The van der Waals surface area contributed by atoms with Crippen molar-refractivity contribution in [2.24, 2.45) is 0 Å². The van der Waals surface area contributed by atoms with Gasteiger partial charge >= 0.3 is 12.0 Å². The Kier molecular flexibility index (Phi) is 6.04. The molecule has 2 amide bonds. The summed E-state index contributed by atoms with van der Waals surface area (Å²) in [5.74, 6) is -1.07. The third kappa shape index (κ3) is 4.36. The highest BCUT2D eigenvalue weighted by Crippen LogP contribution is 2.17. The lowest BCUT2D eigenvalue weighted by Gasteiger charge is -2.23. The number of carbonyl (C=O) groups is 2. The van der Waals surface area contributed by atoms with Crippen molar-refractivity contribution >= 4 is 12.0 Å². The third-order valence-electron chi connectivity index (χ3n) is 3.42. The predicted molar refractivity (Wildman–Crippen MR) is 69.9 cm³/mol. The van der Waals surface area contributed by atoms with Crippen molar-refractivity contribution in [3.63, 3.8) is 0 Å². The Balaban J connectivity index is 2.42. The molecule has 7 heteroatoms. The minimum atomic E-state index is -1.07. The van der Waals surface area contributed by atoms with Gasteiger partial charge in [-0.3, -0.25) is 0 Å². The van der Waals surface area contributed by atoms with E-state index in [1.165, 1.54) is 4.90 Å². The van der Waals surface area contributed by atoms with Gasteiger partial charge in [0.05, 0.1) is 6.10 Å². The van der Waals surface area contributed by atoms with E-state index in [0.29, 0.717) is 6.54 Å². The number of carbonyl (C=O) groups excluding carboxylic acids is 1. The maximum Gasteiger partial charge on any atom is 0.326 e. The van der Waals surface area contributed by atoms with Gasteiger partial charge in [0.15, 0.2) is 0 Å². The fraction of sp³-hybridized carbons (Fsp3) is 0.833. The Labute approximate surface area is 113 Å². The fourth-order valence-corrected chi connectivity index (χ4v) is 2.23. The predicted octanol–water partition coefficient (Wildman–Crippen LogP) is -0.442. The molecule has 1 fully saturated rings. The Hall–Kier alpha value is -1.34. The number of amides is 2. The maximum atomic E-state index is 11.9. The van der Waals surface area contributed by atoms with Gasteiger partial charge < -0.3 is 25.3 Å². The van der Waals surface area contributed by atoms with Crippen LogP contribution >= 0.6 is 0 Å². The summed E-state index contributed by atoms with van der Waals surface area (Å²) in [5.41, 5.74) is 0. The van der Waals surface area contributed by atoms with Crippen LogP contribution in [0.25, 0.3) is 0 Å². The molecular formula is C12H23N3O4. The van der Waals surface area contributed by atoms with Gasteiger partial charge in [-0.05, 0) is 13.1 Å². The number of nitrogens with one attached hydrogen (secondary N) is 1. The molecule has 1 aliphatic heterocycles. The molecule has 0 radical (unpaired) electrons.